The van der Waals surface area contributed by atoms with E-state index in [9.17, 15) is 0 Å². The van der Waals surface area contributed by atoms with Gasteiger partial charge in [0.05, 0.1) is 11.8 Å². The molecule has 2 atom stereocenters. The Morgan fingerprint density at radius 1 is 1.56 bits per heavy atom. The van der Waals surface area contributed by atoms with E-state index in [-0.39, 0.29) is 0 Å². The van der Waals surface area contributed by atoms with Crippen molar-refractivity contribution in [2.75, 3.05) is 13.2 Å². The smallest absolute Gasteiger partial charge is 0.115 e. The second-order valence-electron chi connectivity index (χ2n) is 4.81. The molecule has 1 aliphatic rings. The summed E-state index contributed by atoms with van der Waals surface area (Å²) >= 11 is 0. The van der Waals surface area contributed by atoms with Crippen molar-refractivity contribution < 1.29 is 4.74 Å². The number of aromatic nitrogens is 2. The standard InChI is InChI=1S/C14H23N3O/c1-2-16-13(14-8-9-15-11-17-14)7-3-5-12-6-4-10-18-12/h8-9,11-13,16H,2-7,10H2,1H3. The molecule has 1 aromatic heterocycles. The molecule has 0 aromatic carbocycles. The van der Waals surface area contributed by atoms with Gasteiger partial charge >= 0.3 is 0 Å². The zero-order valence-corrected chi connectivity index (χ0v) is 11.1. The summed E-state index contributed by atoms with van der Waals surface area (Å²) < 4.78 is 5.65. The van der Waals surface area contributed by atoms with E-state index < -0.39 is 0 Å². The first-order valence-corrected chi connectivity index (χ1v) is 7.01. The van der Waals surface area contributed by atoms with Crippen LogP contribution in [0.4, 0.5) is 0 Å². The van der Waals surface area contributed by atoms with Gasteiger partial charge in [-0.1, -0.05) is 6.92 Å². The van der Waals surface area contributed by atoms with Crippen LogP contribution in [0.1, 0.15) is 50.8 Å². The van der Waals surface area contributed by atoms with Gasteiger partial charge in [0, 0.05) is 18.8 Å². The summed E-state index contributed by atoms with van der Waals surface area (Å²) in [5.74, 6) is 0. The third-order valence-corrected chi connectivity index (χ3v) is 3.46. The molecule has 4 heteroatoms. The lowest BCUT2D eigenvalue weighted by molar-refractivity contribution is 0.101. The number of nitrogens with zero attached hydrogens (tertiary/aromatic N) is 2. The van der Waals surface area contributed by atoms with Crippen LogP contribution in [0.25, 0.3) is 0 Å². The van der Waals surface area contributed by atoms with Crippen molar-refractivity contribution in [2.24, 2.45) is 0 Å². The Morgan fingerprint density at radius 3 is 3.17 bits per heavy atom. The summed E-state index contributed by atoms with van der Waals surface area (Å²) in [6.45, 7) is 4.05. The Labute approximate surface area is 109 Å². The van der Waals surface area contributed by atoms with Gasteiger partial charge in [-0.25, -0.2) is 9.97 Å². The van der Waals surface area contributed by atoms with E-state index in [1.54, 1.807) is 6.33 Å². The molecule has 0 saturated carbocycles. The zero-order chi connectivity index (χ0) is 12.6. The maximum absolute atomic E-state index is 5.65. The molecule has 2 unspecified atom stereocenters. The minimum atomic E-state index is 0.347. The van der Waals surface area contributed by atoms with E-state index in [2.05, 4.69) is 22.2 Å². The third kappa shape index (κ3) is 4.03. The van der Waals surface area contributed by atoms with E-state index in [1.165, 1.54) is 25.7 Å². The zero-order valence-electron chi connectivity index (χ0n) is 11.1. The molecule has 1 aliphatic heterocycles. The second kappa shape index (κ2) is 7.44. The largest absolute Gasteiger partial charge is 0.378 e. The van der Waals surface area contributed by atoms with Crippen molar-refractivity contribution >= 4 is 0 Å². The molecular formula is C14H23N3O. The highest BCUT2D eigenvalue weighted by atomic mass is 16.5. The monoisotopic (exact) mass is 249 g/mol. The van der Waals surface area contributed by atoms with Gasteiger partial charge in [0.25, 0.3) is 0 Å². The van der Waals surface area contributed by atoms with Crippen molar-refractivity contribution in [3.63, 3.8) is 0 Å². The molecule has 0 aliphatic carbocycles. The molecule has 100 valence electrons. The van der Waals surface area contributed by atoms with Gasteiger partial charge in [0.1, 0.15) is 6.33 Å². The maximum Gasteiger partial charge on any atom is 0.115 e. The lowest BCUT2D eigenvalue weighted by atomic mass is 10.0. The van der Waals surface area contributed by atoms with Crippen LogP contribution >= 0.6 is 0 Å². The lowest BCUT2D eigenvalue weighted by Gasteiger charge is -2.18. The number of nitrogens with one attached hydrogen (secondary N) is 1. The molecule has 1 aromatic rings. The minimum Gasteiger partial charge on any atom is -0.378 e. The van der Waals surface area contributed by atoms with Crippen LogP contribution in [-0.2, 0) is 4.74 Å². The van der Waals surface area contributed by atoms with E-state index in [0.717, 1.165) is 25.3 Å². The Morgan fingerprint density at radius 2 is 2.50 bits per heavy atom. The molecule has 1 saturated heterocycles. The summed E-state index contributed by atoms with van der Waals surface area (Å²) in [6, 6.07) is 2.35. The third-order valence-electron chi connectivity index (χ3n) is 3.46. The van der Waals surface area contributed by atoms with Crippen molar-refractivity contribution in [1.29, 1.82) is 0 Å². The number of hydrogen-bond donors (Lipinski definition) is 1. The van der Waals surface area contributed by atoms with E-state index in [0.29, 0.717) is 12.1 Å². The van der Waals surface area contributed by atoms with Crippen molar-refractivity contribution in [3.8, 4) is 0 Å². The summed E-state index contributed by atoms with van der Waals surface area (Å²) in [5.41, 5.74) is 1.10. The molecule has 0 radical (unpaired) electrons. The predicted molar refractivity (Wildman–Crippen MR) is 71.3 cm³/mol. The van der Waals surface area contributed by atoms with Crippen LogP contribution < -0.4 is 5.32 Å². The van der Waals surface area contributed by atoms with Crippen LogP contribution in [-0.4, -0.2) is 29.2 Å². The van der Waals surface area contributed by atoms with Crippen LogP contribution in [0.2, 0.25) is 0 Å². The minimum absolute atomic E-state index is 0.347. The number of hydrogen-bond acceptors (Lipinski definition) is 4. The average molecular weight is 249 g/mol. The SMILES string of the molecule is CCNC(CCCC1CCCO1)c1ccncn1. The quantitative estimate of drug-likeness (QED) is 0.806. The topological polar surface area (TPSA) is 47.0 Å². The fourth-order valence-electron chi connectivity index (χ4n) is 2.53. The first-order valence-electron chi connectivity index (χ1n) is 7.01. The van der Waals surface area contributed by atoms with Gasteiger partial charge < -0.3 is 10.1 Å². The Kier molecular flexibility index (Phi) is 5.55. The molecule has 0 spiro atoms. The van der Waals surface area contributed by atoms with E-state index in [4.69, 9.17) is 4.74 Å². The number of rotatable bonds is 7. The first-order chi connectivity index (χ1) is 8.90. The predicted octanol–water partition coefficient (Wildman–Crippen LogP) is 2.48. The fourth-order valence-corrected chi connectivity index (χ4v) is 2.53. The van der Waals surface area contributed by atoms with Crippen LogP contribution in [0.5, 0.6) is 0 Å². The molecule has 0 bridgehead atoms. The average Bonchev–Trinajstić information content (AvgIpc) is 2.92. The van der Waals surface area contributed by atoms with Gasteiger partial charge in [-0.15, -0.1) is 0 Å². The Bertz CT molecular complexity index is 325. The summed E-state index contributed by atoms with van der Waals surface area (Å²) in [6.07, 6.45) is 9.88. The molecule has 1 fully saturated rings. The normalized spacial score (nSPS) is 21.1. The molecule has 0 amide bonds. The summed E-state index contributed by atoms with van der Waals surface area (Å²) in [4.78, 5) is 8.32. The van der Waals surface area contributed by atoms with Gasteiger partial charge in [-0.3, -0.25) is 0 Å². The summed E-state index contributed by atoms with van der Waals surface area (Å²) in [7, 11) is 0. The van der Waals surface area contributed by atoms with Gasteiger partial charge in [-0.2, -0.15) is 0 Å². The summed E-state index contributed by atoms with van der Waals surface area (Å²) in [5, 5.41) is 3.49. The number of ether oxygens (including phenoxy) is 1. The molecular weight excluding hydrogens is 226 g/mol. The second-order valence-corrected chi connectivity index (χ2v) is 4.81. The molecule has 18 heavy (non-hydrogen) atoms. The van der Waals surface area contributed by atoms with Crippen LogP contribution in [0, 0.1) is 0 Å². The van der Waals surface area contributed by atoms with Gasteiger partial charge in [-0.05, 0) is 44.7 Å². The van der Waals surface area contributed by atoms with Gasteiger partial charge in [0.15, 0.2) is 0 Å². The van der Waals surface area contributed by atoms with Crippen molar-refractivity contribution in [1.82, 2.24) is 15.3 Å². The highest BCUT2D eigenvalue weighted by Gasteiger charge is 2.17. The lowest BCUT2D eigenvalue weighted by Crippen LogP contribution is -2.22. The Hall–Kier alpha value is -1.00. The van der Waals surface area contributed by atoms with E-state index in [1.807, 2.05) is 12.3 Å². The first kappa shape index (κ1) is 13.4. The molecule has 1 N–H and O–H groups in total. The highest BCUT2D eigenvalue weighted by molar-refractivity contribution is 5.04. The van der Waals surface area contributed by atoms with Crippen molar-refractivity contribution in [2.45, 2.75) is 51.2 Å². The van der Waals surface area contributed by atoms with Crippen LogP contribution in [0.3, 0.4) is 0 Å². The maximum atomic E-state index is 5.65. The molecule has 4 nitrogen and oxygen atoms in total. The highest BCUT2D eigenvalue weighted by Crippen LogP contribution is 2.22. The van der Waals surface area contributed by atoms with Crippen LogP contribution in [0.15, 0.2) is 18.6 Å². The molecule has 2 heterocycles. The van der Waals surface area contributed by atoms with Crippen molar-refractivity contribution in [3.05, 3.63) is 24.3 Å². The van der Waals surface area contributed by atoms with E-state index >= 15 is 0 Å². The van der Waals surface area contributed by atoms with Gasteiger partial charge in [0.2, 0.25) is 0 Å². The molecule has 2 rings (SSSR count). The Balaban J connectivity index is 1.79. The fraction of sp³-hybridized carbons (Fsp3) is 0.714.